The summed E-state index contributed by atoms with van der Waals surface area (Å²) < 4.78 is 0. The Morgan fingerprint density at radius 1 is 1.47 bits per heavy atom. The van der Waals surface area contributed by atoms with Gasteiger partial charge in [0, 0.05) is 12.3 Å². The highest BCUT2D eigenvalue weighted by atomic mass is 32.2. The number of carboxylic acids is 1. The molecule has 0 spiro atoms. The molecule has 0 heterocycles. The smallest absolute Gasteiger partial charge is 0.316 e. The molecule has 0 radical (unpaired) electrons. The second-order valence-electron chi connectivity index (χ2n) is 3.99. The van der Waals surface area contributed by atoms with Crippen molar-refractivity contribution in [1.29, 1.82) is 0 Å². The van der Waals surface area contributed by atoms with Gasteiger partial charge in [-0.1, -0.05) is 13.8 Å². The van der Waals surface area contributed by atoms with Crippen molar-refractivity contribution in [2.24, 2.45) is 5.92 Å². The van der Waals surface area contributed by atoms with Crippen molar-refractivity contribution in [2.75, 3.05) is 25.4 Å². The minimum Gasteiger partial charge on any atom is -0.480 e. The fourth-order valence-corrected chi connectivity index (χ4v) is 2.96. The maximum absolute atomic E-state index is 11.0. The van der Waals surface area contributed by atoms with E-state index in [1.54, 1.807) is 11.8 Å². The second-order valence-corrected chi connectivity index (χ2v) is 5.24. The third kappa shape index (κ3) is 4.43. The topological polar surface area (TPSA) is 40.5 Å². The maximum Gasteiger partial charge on any atom is 0.316 e. The molecular weight excluding hydrogens is 210 g/mol. The predicted octanol–water partition coefficient (Wildman–Crippen LogP) is 1.92. The first-order valence-electron chi connectivity index (χ1n) is 5.75. The number of aliphatic carboxylic acids is 1. The van der Waals surface area contributed by atoms with Crippen LogP contribution in [-0.2, 0) is 4.79 Å². The highest BCUT2D eigenvalue weighted by Gasteiger charge is 2.36. The minimum absolute atomic E-state index is 0.152. The van der Waals surface area contributed by atoms with Crippen LogP contribution in [0.3, 0.4) is 0 Å². The van der Waals surface area contributed by atoms with E-state index in [2.05, 4.69) is 18.7 Å². The number of carboxylic acid groups (broad SMARTS) is 1. The van der Waals surface area contributed by atoms with Gasteiger partial charge in [0.2, 0.25) is 0 Å². The van der Waals surface area contributed by atoms with Crippen LogP contribution >= 0.6 is 11.8 Å². The van der Waals surface area contributed by atoms with Gasteiger partial charge in [-0.3, -0.25) is 4.79 Å². The summed E-state index contributed by atoms with van der Waals surface area (Å²) in [5.74, 6) is 0.765. The monoisotopic (exact) mass is 231 g/mol. The van der Waals surface area contributed by atoms with E-state index in [0.29, 0.717) is 5.92 Å². The Morgan fingerprint density at radius 3 is 2.47 bits per heavy atom. The van der Waals surface area contributed by atoms with E-state index in [-0.39, 0.29) is 5.25 Å². The summed E-state index contributed by atoms with van der Waals surface area (Å²) in [5, 5.41) is 8.88. The molecule has 1 unspecified atom stereocenters. The van der Waals surface area contributed by atoms with Crippen LogP contribution in [0.4, 0.5) is 0 Å². The Bertz CT molecular complexity index is 203. The van der Waals surface area contributed by atoms with E-state index in [0.717, 1.165) is 38.2 Å². The number of nitrogens with zero attached hydrogens (tertiary/aromatic N) is 1. The highest BCUT2D eigenvalue weighted by molar-refractivity contribution is 8.00. The molecule has 0 aromatic carbocycles. The fourth-order valence-electron chi connectivity index (χ4n) is 1.66. The van der Waals surface area contributed by atoms with E-state index >= 15 is 0 Å². The molecule has 0 amide bonds. The van der Waals surface area contributed by atoms with E-state index in [1.165, 1.54) is 0 Å². The largest absolute Gasteiger partial charge is 0.480 e. The lowest BCUT2D eigenvalue weighted by atomic mass is 10.3. The summed E-state index contributed by atoms with van der Waals surface area (Å²) >= 11 is 1.62. The summed E-state index contributed by atoms with van der Waals surface area (Å²) in [6.45, 7) is 7.40. The first-order chi connectivity index (χ1) is 7.19. The zero-order valence-corrected chi connectivity index (χ0v) is 10.4. The van der Waals surface area contributed by atoms with Gasteiger partial charge in [-0.05, 0) is 31.8 Å². The zero-order valence-electron chi connectivity index (χ0n) is 9.61. The number of carbonyl (C=O) groups is 1. The summed E-state index contributed by atoms with van der Waals surface area (Å²) in [6.07, 6.45) is 2.21. The normalized spacial score (nSPS) is 18.1. The molecule has 0 bridgehead atoms. The minimum atomic E-state index is -0.623. The van der Waals surface area contributed by atoms with Gasteiger partial charge in [-0.2, -0.15) is 0 Å². The highest BCUT2D eigenvalue weighted by Crippen LogP contribution is 2.39. The standard InChI is InChI=1S/C11H21NO2S/c1-3-12(4-2)7-8-15-10(11(13)14)9-5-6-9/h9-10H,3-8H2,1-2H3,(H,13,14). The molecule has 1 rings (SSSR count). The Kier molecular flexibility index (Phi) is 5.47. The molecule has 0 aliphatic heterocycles. The van der Waals surface area contributed by atoms with Crippen LogP contribution in [0.25, 0.3) is 0 Å². The van der Waals surface area contributed by atoms with Crippen molar-refractivity contribution in [3.63, 3.8) is 0 Å². The summed E-state index contributed by atoms with van der Waals surface area (Å²) in [7, 11) is 0. The van der Waals surface area contributed by atoms with Crippen molar-refractivity contribution in [3.8, 4) is 0 Å². The van der Waals surface area contributed by atoms with Gasteiger partial charge in [-0.25, -0.2) is 0 Å². The Labute approximate surface area is 96.2 Å². The van der Waals surface area contributed by atoms with E-state index in [1.807, 2.05) is 0 Å². The Morgan fingerprint density at radius 2 is 2.07 bits per heavy atom. The van der Waals surface area contributed by atoms with Gasteiger partial charge < -0.3 is 10.0 Å². The lowest BCUT2D eigenvalue weighted by Crippen LogP contribution is -2.27. The lowest BCUT2D eigenvalue weighted by Gasteiger charge is -2.18. The van der Waals surface area contributed by atoms with Crippen LogP contribution in [-0.4, -0.2) is 46.6 Å². The Balaban J connectivity index is 2.19. The molecule has 4 heteroatoms. The molecule has 1 N–H and O–H groups in total. The molecule has 1 fully saturated rings. The first kappa shape index (κ1) is 12.8. The molecule has 1 saturated carbocycles. The van der Waals surface area contributed by atoms with Crippen LogP contribution in [0.5, 0.6) is 0 Å². The van der Waals surface area contributed by atoms with Gasteiger partial charge >= 0.3 is 5.97 Å². The van der Waals surface area contributed by atoms with Crippen molar-refractivity contribution in [1.82, 2.24) is 4.90 Å². The quantitative estimate of drug-likeness (QED) is 0.693. The Hall–Kier alpha value is -0.220. The fraction of sp³-hybridized carbons (Fsp3) is 0.909. The second kappa shape index (κ2) is 6.38. The van der Waals surface area contributed by atoms with Gasteiger partial charge in [0.05, 0.1) is 0 Å². The summed E-state index contributed by atoms with van der Waals surface area (Å²) in [6, 6.07) is 0. The molecule has 1 aliphatic carbocycles. The van der Waals surface area contributed by atoms with Crippen LogP contribution < -0.4 is 0 Å². The van der Waals surface area contributed by atoms with Crippen molar-refractivity contribution in [3.05, 3.63) is 0 Å². The predicted molar refractivity (Wildman–Crippen MR) is 64.4 cm³/mol. The lowest BCUT2D eigenvalue weighted by molar-refractivity contribution is -0.136. The van der Waals surface area contributed by atoms with E-state index in [4.69, 9.17) is 5.11 Å². The van der Waals surface area contributed by atoms with E-state index in [9.17, 15) is 4.79 Å². The summed E-state index contributed by atoms with van der Waals surface area (Å²) in [4.78, 5) is 13.3. The molecular formula is C11H21NO2S. The van der Waals surface area contributed by atoms with Crippen molar-refractivity contribution < 1.29 is 9.90 Å². The van der Waals surface area contributed by atoms with Gasteiger partial charge in [0.1, 0.15) is 5.25 Å². The van der Waals surface area contributed by atoms with Gasteiger partial charge in [0.25, 0.3) is 0 Å². The molecule has 0 aromatic rings. The van der Waals surface area contributed by atoms with Crippen LogP contribution in [0.2, 0.25) is 0 Å². The third-order valence-corrected chi connectivity index (χ3v) is 4.26. The van der Waals surface area contributed by atoms with Crippen LogP contribution in [0.1, 0.15) is 26.7 Å². The molecule has 15 heavy (non-hydrogen) atoms. The number of thioether (sulfide) groups is 1. The maximum atomic E-state index is 11.0. The van der Waals surface area contributed by atoms with Gasteiger partial charge in [-0.15, -0.1) is 11.8 Å². The van der Waals surface area contributed by atoms with Crippen molar-refractivity contribution in [2.45, 2.75) is 31.9 Å². The molecule has 1 aliphatic rings. The van der Waals surface area contributed by atoms with Crippen molar-refractivity contribution >= 4 is 17.7 Å². The molecule has 88 valence electrons. The molecule has 0 saturated heterocycles. The first-order valence-corrected chi connectivity index (χ1v) is 6.80. The molecule has 1 atom stereocenters. The summed E-state index contributed by atoms with van der Waals surface area (Å²) in [5.41, 5.74) is 0. The van der Waals surface area contributed by atoms with E-state index < -0.39 is 5.97 Å². The van der Waals surface area contributed by atoms with Gasteiger partial charge in [0.15, 0.2) is 0 Å². The average molecular weight is 231 g/mol. The number of hydrogen-bond donors (Lipinski definition) is 1. The zero-order chi connectivity index (χ0) is 11.3. The van der Waals surface area contributed by atoms with Crippen LogP contribution in [0.15, 0.2) is 0 Å². The molecule has 3 nitrogen and oxygen atoms in total. The third-order valence-electron chi connectivity index (χ3n) is 2.89. The number of rotatable bonds is 8. The number of hydrogen-bond acceptors (Lipinski definition) is 3. The average Bonchev–Trinajstić information content (AvgIpc) is 3.01. The molecule has 0 aromatic heterocycles. The van der Waals surface area contributed by atoms with Crippen LogP contribution in [0, 0.1) is 5.92 Å². The SMILES string of the molecule is CCN(CC)CCSC(C(=O)O)C1CC1.